The molecule has 1 amide bonds. The van der Waals surface area contributed by atoms with Crippen LogP contribution >= 0.6 is 0 Å². The van der Waals surface area contributed by atoms with Gasteiger partial charge in [-0.2, -0.15) is 0 Å². The number of aliphatic hydroxyl groups excluding tert-OH is 1. The number of hydrogen-bond donors (Lipinski definition) is 1. The number of benzene rings is 1. The zero-order valence-electron chi connectivity index (χ0n) is 19.0. The van der Waals surface area contributed by atoms with E-state index in [4.69, 9.17) is 9.15 Å². The molecule has 2 aromatic heterocycles. The van der Waals surface area contributed by atoms with Crippen LogP contribution in [-0.2, 0) is 16.1 Å². The quantitative estimate of drug-likeness (QED) is 0.335. The van der Waals surface area contributed by atoms with E-state index in [1.54, 1.807) is 55.7 Å². The Bertz CT molecular complexity index is 1230. The molecule has 170 valence electrons. The zero-order valence-corrected chi connectivity index (χ0v) is 19.0. The minimum atomic E-state index is -0.856. The van der Waals surface area contributed by atoms with E-state index in [9.17, 15) is 14.7 Å². The fourth-order valence-electron chi connectivity index (χ4n) is 3.97. The Morgan fingerprint density at radius 2 is 1.97 bits per heavy atom. The van der Waals surface area contributed by atoms with Crippen LogP contribution in [-0.4, -0.2) is 32.8 Å². The molecule has 3 heterocycles. The number of ketones is 1. The van der Waals surface area contributed by atoms with Crippen LogP contribution in [0.2, 0.25) is 0 Å². The maximum absolute atomic E-state index is 13.1. The SMILES string of the molecule is Cc1ccc(C2/C(=C(/O)c3ccc(OC(C)C)c(C)c3)C(=O)C(=O)N2Cc2cccnc2)o1. The second-order valence-electron chi connectivity index (χ2n) is 8.38. The van der Waals surface area contributed by atoms with Gasteiger partial charge in [-0.25, -0.2) is 0 Å². The number of ether oxygens (including phenoxy) is 1. The summed E-state index contributed by atoms with van der Waals surface area (Å²) < 4.78 is 11.6. The molecular formula is C26H26N2O5. The van der Waals surface area contributed by atoms with Crippen molar-refractivity contribution in [2.75, 3.05) is 0 Å². The van der Waals surface area contributed by atoms with Gasteiger partial charge in [0.2, 0.25) is 0 Å². The summed E-state index contributed by atoms with van der Waals surface area (Å²) in [5.74, 6) is 0.0419. The molecular weight excluding hydrogens is 420 g/mol. The molecule has 7 heteroatoms. The Balaban J connectivity index is 1.81. The first-order valence-electron chi connectivity index (χ1n) is 10.8. The molecule has 3 aromatic rings. The lowest BCUT2D eigenvalue weighted by molar-refractivity contribution is -0.140. The van der Waals surface area contributed by atoms with Crippen LogP contribution in [0.3, 0.4) is 0 Å². The van der Waals surface area contributed by atoms with E-state index >= 15 is 0 Å². The number of aromatic nitrogens is 1. The van der Waals surface area contributed by atoms with Gasteiger partial charge in [-0.1, -0.05) is 6.07 Å². The average molecular weight is 447 g/mol. The van der Waals surface area contributed by atoms with Gasteiger partial charge in [0.05, 0.1) is 11.7 Å². The van der Waals surface area contributed by atoms with Gasteiger partial charge in [0.15, 0.2) is 0 Å². The molecule has 0 spiro atoms. The summed E-state index contributed by atoms with van der Waals surface area (Å²) >= 11 is 0. The molecule has 7 nitrogen and oxygen atoms in total. The first-order chi connectivity index (χ1) is 15.8. The van der Waals surface area contributed by atoms with Gasteiger partial charge in [0.25, 0.3) is 11.7 Å². The Morgan fingerprint density at radius 3 is 2.58 bits per heavy atom. The minimum absolute atomic E-state index is 0.00291. The van der Waals surface area contributed by atoms with Crippen LogP contribution in [0.15, 0.2) is 64.8 Å². The van der Waals surface area contributed by atoms with Crippen molar-refractivity contribution in [3.63, 3.8) is 0 Å². The van der Waals surface area contributed by atoms with Crippen LogP contribution in [0.25, 0.3) is 5.76 Å². The standard InChI is InChI=1S/C26H26N2O5/c1-15(2)32-20-10-8-19(12-16(20)3)24(29)22-23(21-9-7-17(4)33-21)28(26(31)25(22)30)14-18-6-5-11-27-13-18/h5-13,15,23,29H,14H2,1-4H3/b24-22-. The van der Waals surface area contributed by atoms with E-state index in [0.717, 1.165) is 11.1 Å². The Labute approximate surface area is 192 Å². The van der Waals surface area contributed by atoms with Crippen molar-refractivity contribution in [1.29, 1.82) is 0 Å². The fourth-order valence-corrected chi connectivity index (χ4v) is 3.97. The molecule has 1 aliphatic heterocycles. The summed E-state index contributed by atoms with van der Waals surface area (Å²) in [4.78, 5) is 31.7. The third-order valence-corrected chi connectivity index (χ3v) is 5.46. The zero-order chi connectivity index (χ0) is 23.7. The molecule has 1 aromatic carbocycles. The Kier molecular flexibility index (Phi) is 6.05. The predicted octanol–water partition coefficient (Wildman–Crippen LogP) is 4.70. The van der Waals surface area contributed by atoms with Crippen molar-refractivity contribution in [3.05, 3.63) is 88.6 Å². The molecule has 1 aliphatic rings. The molecule has 0 aliphatic carbocycles. The molecule has 1 fully saturated rings. The lowest BCUT2D eigenvalue weighted by atomic mass is 9.98. The number of carbonyl (C=O) groups excluding carboxylic acids is 2. The first kappa shape index (κ1) is 22.3. The molecule has 0 saturated carbocycles. The van der Waals surface area contributed by atoms with Gasteiger partial charge in [-0.15, -0.1) is 0 Å². The summed E-state index contributed by atoms with van der Waals surface area (Å²) in [7, 11) is 0. The first-order valence-corrected chi connectivity index (χ1v) is 10.8. The highest BCUT2D eigenvalue weighted by atomic mass is 16.5. The molecule has 1 atom stereocenters. The summed E-state index contributed by atoms with van der Waals surface area (Å²) in [6.45, 7) is 7.67. The topological polar surface area (TPSA) is 92.9 Å². The number of carbonyl (C=O) groups is 2. The normalized spacial score (nSPS) is 17.7. The van der Waals surface area contributed by atoms with E-state index in [-0.39, 0.29) is 24.0 Å². The third-order valence-electron chi connectivity index (χ3n) is 5.46. The van der Waals surface area contributed by atoms with Crippen LogP contribution in [0.4, 0.5) is 0 Å². The summed E-state index contributed by atoms with van der Waals surface area (Å²) in [6, 6.07) is 11.4. The van der Waals surface area contributed by atoms with Crippen LogP contribution < -0.4 is 4.74 Å². The van der Waals surface area contributed by atoms with Gasteiger partial charge >= 0.3 is 0 Å². The number of Topliss-reactive ketones (excluding diaryl/α,β-unsaturated/α-hetero) is 1. The number of aryl methyl sites for hydroxylation is 2. The van der Waals surface area contributed by atoms with E-state index in [2.05, 4.69) is 4.98 Å². The Morgan fingerprint density at radius 1 is 1.18 bits per heavy atom. The molecule has 4 rings (SSSR count). The van der Waals surface area contributed by atoms with Crippen LogP contribution in [0.1, 0.15) is 48.1 Å². The Hall–Kier alpha value is -3.87. The fraction of sp³-hybridized carbons (Fsp3) is 0.269. The smallest absolute Gasteiger partial charge is 0.296 e. The second-order valence-corrected chi connectivity index (χ2v) is 8.38. The van der Waals surface area contributed by atoms with Crippen molar-refractivity contribution in [3.8, 4) is 5.75 Å². The lowest BCUT2D eigenvalue weighted by Crippen LogP contribution is -2.29. The lowest BCUT2D eigenvalue weighted by Gasteiger charge is -2.23. The number of pyridine rings is 1. The number of aliphatic hydroxyl groups is 1. The largest absolute Gasteiger partial charge is 0.507 e. The van der Waals surface area contributed by atoms with Gasteiger partial charge in [0, 0.05) is 24.5 Å². The summed E-state index contributed by atoms with van der Waals surface area (Å²) in [6.07, 6.45) is 3.28. The molecule has 1 unspecified atom stereocenters. The summed E-state index contributed by atoms with van der Waals surface area (Å²) in [5, 5.41) is 11.2. The maximum atomic E-state index is 13.1. The number of furan rings is 1. The van der Waals surface area contributed by atoms with Gasteiger partial charge in [-0.3, -0.25) is 14.6 Å². The molecule has 33 heavy (non-hydrogen) atoms. The van der Waals surface area contributed by atoms with Crippen molar-refractivity contribution in [2.45, 2.75) is 46.4 Å². The number of likely N-dealkylation sites (tertiary alicyclic amines) is 1. The predicted molar refractivity (Wildman–Crippen MR) is 122 cm³/mol. The third kappa shape index (κ3) is 4.39. The van der Waals surface area contributed by atoms with Gasteiger partial charge in [-0.05, 0) is 75.2 Å². The second kappa shape index (κ2) is 8.94. The summed E-state index contributed by atoms with van der Waals surface area (Å²) in [5.41, 5.74) is 1.99. The number of rotatable bonds is 6. The maximum Gasteiger partial charge on any atom is 0.296 e. The molecule has 0 radical (unpaired) electrons. The van der Waals surface area contributed by atoms with E-state index < -0.39 is 17.7 Å². The molecule has 0 bridgehead atoms. The number of amides is 1. The van der Waals surface area contributed by atoms with E-state index in [1.165, 1.54) is 4.90 Å². The average Bonchev–Trinajstić information content (AvgIpc) is 3.31. The van der Waals surface area contributed by atoms with Gasteiger partial charge in [0.1, 0.15) is 29.1 Å². The highest BCUT2D eigenvalue weighted by Gasteiger charge is 2.47. The number of hydrogen-bond acceptors (Lipinski definition) is 6. The van der Waals surface area contributed by atoms with Crippen LogP contribution in [0.5, 0.6) is 5.75 Å². The number of nitrogens with zero attached hydrogens (tertiary/aromatic N) is 2. The van der Waals surface area contributed by atoms with Crippen molar-refractivity contribution in [1.82, 2.24) is 9.88 Å². The minimum Gasteiger partial charge on any atom is -0.507 e. The van der Waals surface area contributed by atoms with E-state index in [0.29, 0.717) is 22.8 Å². The van der Waals surface area contributed by atoms with Crippen LogP contribution in [0, 0.1) is 13.8 Å². The molecule has 1 N–H and O–H groups in total. The van der Waals surface area contributed by atoms with E-state index in [1.807, 2.05) is 26.8 Å². The highest BCUT2D eigenvalue weighted by molar-refractivity contribution is 6.46. The van der Waals surface area contributed by atoms with Crippen molar-refractivity contribution >= 4 is 17.4 Å². The van der Waals surface area contributed by atoms with Crippen molar-refractivity contribution in [2.24, 2.45) is 0 Å². The monoisotopic (exact) mass is 446 g/mol. The molecule has 1 saturated heterocycles. The highest BCUT2D eigenvalue weighted by Crippen LogP contribution is 2.41. The van der Waals surface area contributed by atoms with Crippen molar-refractivity contribution < 1.29 is 23.8 Å². The van der Waals surface area contributed by atoms with Gasteiger partial charge < -0.3 is 19.2 Å².